The number of para-hydroxylation sites is 2. The van der Waals surface area contributed by atoms with Gasteiger partial charge in [0.15, 0.2) is 0 Å². The SMILES string of the molecule is [Cl-].[Cl-].[Cl-].[Rh+3].c1ccc2nc3c4cccnc4c4ncccc4c3nc2c1.c1cnc2c(c1)ccc1cccnc12. The van der Waals surface area contributed by atoms with Gasteiger partial charge in [-0.3, -0.25) is 19.9 Å². The summed E-state index contributed by atoms with van der Waals surface area (Å²) in [6, 6.07) is 28.0. The third-order valence-corrected chi connectivity index (χ3v) is 6.27. The fourth-order valence-corrected chi connectivity index (χ4v) is 4.63. The van der Waals surface area contributed by atoms with Crippen molar-refractivity contribution >= 4 is 65.7 Å². The van der Waals surface area contributed by atoms with Crippen LogP contribution in [0.5, 0.6) is 0 Å². The number of fused-ring (bicyclic) bond motifs is 10. The molecular formula is C30H18Cl3N6Rh. The third-order valence-electron chi connectivity index (χ3n) is 6.27. The number of hydrogen-bond donors (Lipinski definition) is 0. The molecule has 3 aromatic carbocycles. The maximum Gasteiger partial charge on any atom is 3.00 e. The molecule has 198 valence electrons. The van der Waals surface area contributed by atoms with E-state index in [1.807, 2.05) is 60.7 Å². The molecule has 0 aliphatic carbocycles. The Kier molecular flexibility index (Phi) is 10.2. The van der Waals surface area contributed by atoms with Crippen LogP contribution in [0.2, 0.25) is 0 Å². The summed E-state index contributed by atoms with van der Waals surface area (Å²) >= 11 is 0. The molecular weight excluding hydrogens is 654 g/mol. The maximum atomic E-state index is 4.83. The van der Waals surface area contributed by atoms with Gasteiger partial charge in [0.25, 0.3) is 0 Å². The van der Waals surface area contributed by atoms with Crippen molar-refractivity contribution in [2.45, 2.75) is 0 Å². The van der Waals surface area contributed by atoms with E-state index in [0.717, 1.165) is 65.7 Å². The molecule has 6 nitrogen and oxygen atoms in total. The molecule has 0 aliphatic rings. The average molecular weight is 672 g/mol. The summed E-state index contributed by atoms with van der Waals surface area (Å²) in [6.45, 7) is 0. The Bertz CT molecular complexity index is 1940. The molecule has 8 rings (SSSR count). The van der Waals surface area contributed by atoms with E-state index in [1.165, 1.54) is 0 Å². The number of benzene rings is 3. The predicted molar refractivity (Wildman–Crippen MR) is 145 cm³/mol. The first-order chi connectivity index (χ1) is 17.9. The van der Waals surface area contributed by atoms with Crippen molar-refractivity contribution in [1.29, 1.82) is 0 Å². The van der Waals surface area contributed by atoms with Gasteiger partial charge in [-0.05, 0) is 48.5 Å². The van der Waals surface area contributed by atoms with Gasteiger partial charge in [-0.15, -0.1) is 0 Å². The Balaban J connectivity index is 0.000000216. The summed E-state index contributed by atoms with van der Waals surface area (Å²) in [4.78, 5) is 27.4. The van der Waals surface area contributed by atoms with Crippen molar-refractivity contribution in [2.75, 3.05) is 0 Å². The van der Waals surface area contributed by atoms with Crippen molar-refractivity contribution in [3.05, 3.63) is 110 Å². The molecule has 8 aromatic rings. The zero-order valence-corrected chi connectivity index (χ0v) is 24.4. The number of rotatable bonds is 0. The van der Waals surface area contributed by atoms with Crippen LogP contribution in [0, 0.1) is 0 Å². The van der Waals surface area contributed by atoms with Crippen LogP contribution in [0.25, 0.3) is 65.7 Å². The van der Waals surface area contributed by atoms with Crippen LogP contribution in [-0.2, 0) is 19.5 Å². The second kappa shape index (κ2) is 13.2. The molecule has 0 saturated heterocycles. The molecule has 5 heterocycles. The molecule has 0 unspecified atom stereocenters. The minimum absolute atomic E-state index is 0. The van der Waals surface area contributed by atoms with Gasteiger partial charge in [-0.2, -0.15) is 0 Å². The predicted octanol–water partition coefficient (Wildman–Crippen LogP) is -2.33. The van der Waals surface area contributed by atoms with Gasteiger partial charge in [-0.1, -0.05) is 36.4 Å². The van der Waals surface area contributed by atoms with Crippen LogP contribution in [0.4, 0.5) is 0 Å². The average Bonchev–Trinajstić information content (AvgIpc) is 2.97. The summed E-state index contributed by atoms with van der Waals surface area (Å²) in [6.07, 6.45) is 7.18. The Labute approximate surface area is 260 Å². The fourth-order valence-electron chi connectivity index (χ4n) is 4.63. The Morgan fingerprint density at radius 1 is 0.350 bits per heavy atom. The van der Waals surface area contributed by atoms with E-state index in [0.29, 0.717) is 0 Å². The minimum Gasteiger partial charge on any atom is -1.00 e. The number of halogens is 3. The largest absolute Gasteiger partial charge is 3.00 e. The van der Waals surface area contributed by atoms with Crippen LogP contribution < -0.4 is 37.2 Å². The van der Waals surface area contributed by atoms with Gasteiger partial charge in [0.1, 0.15) is 0 Å². The molecule has 10 heteroatoms. The standard InChI is InChI=1S/C18H10N4.C12H8N2.3ClH.Rh/c1-2-8-14-13(7-1)21-17-11-5-3-9-19-15(11)16-12(18(17)22-14)6-4-10-20-16;1-3-9-5-6-10-4-2-8-14-12(10)11(9)13-7-1;;;;/h1-10H;1-8H;3*1H;/q;;;;;+3/p-3. The molecule has 5 aromatic heterocycles. The number of nitrogens with zero attached hydrogens (tertiary/aromatic N) is 6. The molecule has 0 amide bonds. The molecule has 0 N–H and O–H groups in total. The number of hydrogen-bond acceptors (Lipinski definition) is 6. The van der Waals surface area contributed by atoms with Crippen LogP contribution >= 0.6 is 0 Å². The summed E-state index contributed by atoms with van der Waals surface area (Å²) in [5.41, 5.74) is 7.23. The van der Waals surface area contributed by atoms with Crippen LogP contribution in [-0.4, -0.2) is 29.9 Å². The minimum atomic E-state index is 0. The van der Waals surface area contributed by atoms with Gasteiger partial charge in [0.2, 0.25) is 0 Å². The van der Waals surface area contributed by atoms with E-state index in [2.05, 4.69) is 44.2 Å². The molecule has 0 atom stereocenters. The summed E-state index contributed by atoms with van der Waals surface area (Å²) in [5.74, 6) is 0. The van der Waals surface area contributed by atoms with E-state index in [4.69, 9.17) is 9.97 Å². The quantitative estimate of drug-likeness (QED) is 0.102. The van der Waals surface area contributed by atoms with Gasteiger partial charge in [0, 0.05) is 46.3 Å². The molecule has 0 radical (unpaired) electrons. The van der Waals surface area contributed by atoms with E-state index in [-0.39, 0.29) is 56.7 Å². The summed E-state index contributed by atoms with van der Waals surface area (Å²) in [7, 11) is 0. The summed E-state index contributed by atoms with van der Waals surface area (Å²) < 4.78 is 0. The van der Waals surface area contributed by atoms with Crippen LogP contribution in [0.15, 0.2) is 110 Å². The topological polar surface area (TPSA) is 77.3 Å². The Hall–Kier alpha value is -3.61. The van der Waals surface area contributed by atoms with Crippen molar-refractivity contribution in [1.82, 2.24) is 29.9 Å². The van der Waals surface area contributed by atoms with Crippen molar-refractivity contribution in [3.8, 4) is 0 Å². The van der Waals surface area contributed by atoms with Crippen molar-refractivity contribution in [2.24, 2.45) is 0 Å². The molecule has 0 aliphatic heterocycles. The molecule has 0 saturated carbocycles. The Morgan fingerprint density at radius 2 is 0.725 bits per heavy atom. The van der Waals surface area contributed by atoms with Gasteiger partial charge >= 0.3 is 19.5 Å². The van der Waals surface area contributed by atoms with Gasteiger partial charge in [0.05, 0.1) is 44.1 Å². The second-order valence-electron chi connectivity index (χ2n) is 8.42. The molecule has 0 bridgehead atoms. The van der Waals surface area contributed by atoms with E-state index < -0.39 is 0 Å². The number of aromatic nitrogens is 6. The maximum absolute atomic E-state index is 4.83. The normalized spacial score (nSPS) is 10.2. The monoisotopic (exact) mass is 670 g/mol. The molecule has 0 fully saturated rings. The second-order valence-corrected chi connectivity index (χ2v) is 8.42. The third kappa shape index (κ3) is 5.38. The van der Waals surface area contributed by atoms with Gasteiger partial charge < -0.3 is 37.2 Å². The zero-order chi connectivity index (χ0) is 23.9. The van der Waals surface area contributed by atoms with Crippen LogP contribution in [0.1, 0.15) is 0 Å². The van der Waals surface area contributed by atoms with Crippen molar-refractivity contribution < 1.29 is 56.7 Å². The number of pyridine rings is 4. The Morgan fingerprint density at radius 3 is 1.15 bits per heavy atom. The summed E-state index contributed by atoms with van der Waals surface area (Å²) in [5, 5.41) is 4.25. The first-order valence-corrected chi connectivity index (χ1v) is 11.6. The molecule has 0 spiro atoms. The first kappa shape index (κ1) is 30.9. The smallest absolute Gasteiger partial charge is 1.00 e. The van der Waals surface area contributed by atoms with E-state index in [9.17, 15) is 0 Å². The van der Waals surface area contributed by atoms with Crippen LogP contribution in [0.3, 0.4) is 0 Å². The van der Waals surface area contributed by atoms with Crippen molar-refractivity contribution in [3.63, 3.8) is 0 Å². The molecule has 40 heavy (non-hydrogen) atoms. The first-order valence-electron chi connectivity index (χ1n) is 11.6. The van der Waals surface area contributed by atoms with E-state index in [1.54, 1.807) is 24.8 Å². The van der Waals surface area contributed by atoms with E-state index >= 15 is 0 Å². The van der Waals surface area contributed by atoms with Gasteiger partial charge in [-0.25, -0.2) is 9.97 Å². The fraction of sp³-hybridized carbons (Fsp3) is 0. The zero-order valence-electron chi connectivity index (χ0n) is 20.5.